The van der Waals surface area contributed by atoms with Crippen LogP contribution in [0.2, 0.25) is 0 Å². The smallest absolute Gasteiger partial charge is 0.0696 e. The van der Waals surface area contributed by atoms with E-state index in [1.54, 1.807) is 7.11 Å². The minimum absolute atomic E-state index is 0.0276. The van der Waals surface area contributed by atoms with Crippen molar-refractivity contribution in [3.05, 3.63) is 29.6 Å². The maximum atomic E-state index is 6.09. The summed E-state index contributed by atoms with van der Waals surface area (Å²) in [4.78, 5) is 6.60. The molecular formula is C12H19ClN2O. The van der Waals surface area contributed by atoms with Gasteiger partial charge in [-0.1, -0.05) is 6.07 Å². The van der Waals surface area contributed by atoms with Crippen LogP contribution in [0.3, 0.4) is 0 Å². The maximum absolute atomic E-state index is 6.09. The van der Waals surface area contributed by atoms with Gasteiger partial charge in [0, 0.05) is 25.9 Å². The first-order valence-electron chi connectivity index (χ1n) is 5.36. The van der Waals surface area contributed by atoms with Gasteiger partial charge in [-0.25, -0.2) is 0 Å². The lowest BCUT2D eigenvalue weighted by atomic mass is 10.3. The molecule has 1 rings (SSSR count). The van der Waals surface area contributed by atoms with E-state index in [0.29, 0.717) is 6.61 Å². The lowest BCUT2D eigenvalue weighted by Gasteiger charge is -2.19. The van der Waals surface area contributed by atoms with Crippen LogP contribution < -0.4 is 0 Å². The summed E-state index contributed by atoms with van der Waals surface area (Å²) >= 11 is 6.09. The van der Waals surface area contributed by atoms with Gasteiger partial charge < -0.3 is 4.74 Å². The molecule has 3 nitrogen and oxygen atoms in total. The van der Waals surface area contributed by atoms with Gasteiger partial charge in [-0.15, -0.1) is 11.6 Å². The first kappa shape index (κ1) is 13.4. The van der Waals surface area contributed by atoms with E-state index in [2.05, 4.69) is 9.88 Å². The van der Waals surface area contributed by atoms with Crippen molar-refractivity contribution in [2.24, 2.45) is 0 Å². The third-order valence-electron chi connectivity index (χ3n) is 2.24. The molecule has 16 heavy (non-hydrogen) atoms. The van der Waals surface area contributed by atoms with Gasteiger partial charge in [0.15, 0.2) is 0 Å². The molecule has 1 unspecified atom stereocenters. The summed E-state index contributed by atoms with van der Waals surface area (Å²) < 4.78 is 5.00. The van der Waals surface area contributed by atoms with Crippen LogP contribution in [0.5, 0.6) is 0 Å². The Morgan fingerprint density at radius 3 is 2.88 bits per heavy atom. The number of alkyl halides is 1. The average Bonchev–Trinajstić information content (AvgIpc) is 2.17. The van der Waals surface area contributed by atoms with Gasteiger partial charge in [-0.05, 0) is 26.1 Å². The van der Waals surface area contributed by atoms with Crippen molar-refractivity contribution < 1.29 is 4.74 Å². The molecule has 0 aliphatic carbocycles. The van der Waals surface area contributed by atoms with Crippen LogP contribution in [0, 0.1) is 6.92 Å². The van der Waals surface area contributed by atoms with E-state index in [0.717, 1.165) is 24.5 Å². The Labute approximate surface area is 102 Å². The van der Waals surface area contributed by atoms with Gasteiger partial charge in [0.25, 0.3) is 0 Å². The molecule has 0 fully saturated rings. The fourth-order valence-electron chi connectivity index (χ4n) is 1.60. The Kier molecular flexibility index (Phi) is 5.74. The maximum Gasteiger partial charge on any atom is 0.0696 e. The lowest BCUT2D eigenvalue weighted by molar-refractivity contribution is 0.181. The molecule has 90 valence electrons. The largest absolute Gasteiger partial charge is 0.383 e. The highest BCUT2D eigenvalue weighted by Crippen LogP contribution is 2.05. The number of ether oxygens (including phenoxy) is 1. The van der Waals surface area contributed by atoms with Crippen molar-refractivity contribution in [1.82, 2.24) is 9.88 Å². The summed E-state index contributed by atoms with van der Waals surface area (Å²) in [5, 5.41) is 0.0276. The standard InChI is InChI=1S/C12H19ClN2O/c1-10-5-4-6-12(14-10)8-15(2)7-11(13)9-16-3/h4-6,11H,7-9H2,1-3H3. The first-order chi connectivity index (χ1) is 7.61. The molecule has 1 aromatic heterocycles. The van der Waals surface area contributed by atoms with E-state index >= 15 is 0 Å². The quantitative estimate of drug-likeness (QED) is 0.715. The zero-order valence-corrected chi connectivity index (χ0v) is 10.9. The Hall–Kier alpha value is -0.640. The van der Waals surface area contributed by atoms with E-state index in [1.807, 2.05) is 32.2 Å². The number of nitrogens with zero attached hydrogens (tertiary/aromatic N) is 2. The van der Waals surface area contributed by atoms with Crippen LogP contribution in [0.4, 0.5) is 0 Å². The molecule has 0 saturated heterocycles. The predicted octanol–water partition coefficient (Wildman–Crippen LogP) is 2.08. The minimum Gasteiger partial charge on any atom is -0.383 e. The molecule has 0 radical (unpaired) electrons. The van der Waals surface area contributed by atoms with Crippen LogP contribution in [0.25, 0.3) is 0 Å². The molecule has 1 aromatic rings. The molecular weight excluding hydrogens is 224 g/mol. The molecule has 0 aliphatic heterocycles. The number of methoxy groups -OCH3 is 1. The summed E-state index contributed by atoms with van der Waals surface area (Å²) in [6, 6.07) is 6.06. The Balaban J connectivity index is 2.42. The van der Waals surface area contributed by atoms with Gasteiger partial charge >= 0.3 is 0 Å². The molecule has 0 aromatic carbocycles. The summed E-state index contributed by atoms with van der Waals surface area (Å²) in [5.41, 5.74) is 2.12. The second kappa shape index (κ2) is 6.84. The zero-order chi connectivity index (χ0) is 12.0. The molecule has 4 heteroatoms. The van der Waals surface area contributed by atoms with E-state index in [9.17, 15) is 0 Å². The third-order valence-corrected chi connectivity index (χ3v) is 2.50. The number of pyridine rings is 1. The van der Waals surface area contributed by atoms with E-state index in [-0.39, 0.29) is 5.38 Å². The second-order valence-corrected chi connectivity index (χ2v) is 4.64. The van der Waals surface area contributed by atoms with E-state index in [1.165, 1.54) is 0 Å². The first-order valence-corrected chi connectivity index (χ1v) is 5.79. The van der Waals surface area contributed by atoms with Crippen molar-refractivity contribution in [1.29, 1.82) is 0 Å². The second-order valence-electron chi connectivity index (χ2n) is 4.02. The fourth-order valence-corrected chi connectivity index (χ4v) is 1.96. The molecule has 0 aliphatic rings. The monoisotopic (exact) mass is 242 g/mol. The molecule has 1 heterocycles. The Morgan fingerprint density at radius 2 is 2.25 bits per heavy atom. The summed E-state index contributed by atoms with van der Waals surface area (Å²) in [7, 11) is 3.70. The van der Waals surface area contributed by atoms with Gasteiger partial charge in [-0.3, -0.25) is 9.88 Å². The van der Waals surface area contributed by atoms with Crippen LogP contribution in [0.15, 0.2) is 18.2 Å². The number of aryl methyl sites for hydroxylation is 1. The lowest BCUT2D eigenvalue weighted by Crippen LogP contribution is -2.28. The predicted molar refractivity (Wildman–Crippen MR) is 66.8 cm³/mol. The normalized spacial score (nSPS) is 13.1. The average molecular weight is 243 g/mol. The van der Waals surface area contributed by atoms with Crippen molar-refractivity contribution in [2.75, 3.05) is 27.3 Å². The minimum atomic E-state index is 0.0276. The molecule has 1 atom stereocenters. The van der Waals surface area contributed by atoms with Gasteiger partial charge in [0.05, 0.1) is 17.7 Å². The van der Waals surface area contributed by atoms with Crippen molar-refractivity contribution in [2.45, 2.75) is 18.8 Å². The molecule has 0 saturated carbocycles. The third kappa shape index (κ3) is 4.92. The highest BCUT2D eigenvalue weighted by molar-refractivity contribution is 6.20. The fraction of sp³-hybridized carbons (Fsp3) is 0.583. The van der Waals surface area contributed by atoms with Crippen LogP contribution >= 0.6 is 11.6 Å². The molecule has 0 amide bonds. The number of hydrogen-bond acceptors (Lipinski definition) is 3. The van der Waals surface area contributed by atoms with Crippen LogP contribution in [0.1, 0.15) is 11.4 Å². The van der Waals surface area contributed by atoms with Crippen LogP contribution in [-0.2, 0) is 11.3 Å². The van der Waals surface area contributed by atoms with Crippen LogP contribution in [-0.4, -0.2) is 42.6 Å². The number of halogens is 1. The summed E-state index contributed by atoms with van der Waals surface area (Å²) in [5.74, 6) is 0. The van der Waals surface area contributed by atoms with Gasteiger partial charge in [0.1, 0.15) is 0 Å². The summed E-state index contributed by atoms with van der Waals surface area (Å²) in [6.45, 7) is 4.19. The van der Waals surface area contributed by atoms with Crippen molar-refractivity contribution in [3.8, 4) is 0 Å². The number of aromatic nitrogens is 1. The highest BCUT2D eigenvalue weighted by Gasteiger charge is 2.08. The van der Waals surface area contributed by atoms with Crippen molar-refractivity contribution in [3.63, 3.8) is 0 Å². The molecule has 0 bridgehead atoms. The number of hydrogen-bond donors (Lipinski definition) is 0. The van der Waals surface area contributed by atoms with E-state index < -0.39 is 0 Å². The molecule has 0 N–H and O–H groups in total. The highest BCUT2D eigenvalue weighted by atomic mass is 35.5. The Morgan fingerprint density at radius 1 is 1.50 bits per heavy atom. The SMILES string of the molecule is COCC(Cl)CN(C)Cc1cccc(C)n1. The molecule has 0 spiro atoms. The summed E-state index contributed by atoms with van der Waals surface area (Å²) in [6.07, 6.45) is 0. The topological polar surface area (TPSA) is 25.4 Å². The van der Waals surface area contributed by atoms with Gasteiger partial charge in [0.2, 0.25) is 0 Å². The van der Waals surface area contributed by atoms with Gasteiger partial charge in [-0.2, -0.15) is 0 Å². The number of rotatable bonds is 6. The Bertz CT molecular complexity index is 320. The van der Waals surface area contributed by atoms with Crippen molar-refractivity contribution >= 4 is 11.6 Å². The zero-order valence-electron chi connectivity index (χ0n) is 10.1. The van der Waals surface area contributed by atoms with E-state index in [4.69, 9.17) is 16.3 Å².